The van der Waals surface area contributed by atoms with Crippen molar-refractivity contribution in [2.45, 2.75) is 60.0 Å². The lowest BCUT2D eigenvalue weighted by molar-refractivity contribution is -0.136. The largest absolute Gasteiger partial charge is 0.481 e. The quantitative estimate of drug-likeness (QED) is 0.798. The predicted molar refractivity (Wildman–Crippen MR) is 81.3 cm³/mol. The number of hydrogen-bond donors (Lipinski definition) is 1. The molecule has 5 heteroatoms. The van der Waals surface area contributed by atoms with Gasteiger partial charge < -0.3 is 9.84 Å². The van der Waals surface area contributed by atoms with E-state index in [0.29, 0.717) is 25.3 Å². The van der Waals surface area contributed by atoms with Crippen LogP contribution in [0.4, 0.5) is 0 Å². The normalized spacial score (nSPS) is 12.7. The van der Waals surface area contributed by atoms with Crippen molar-refractivity contribution < 1.29 is 14.6 Å². The number of carboxylic acid groups (broad SMARTS) is 1. The average Bonchev–Trinajstić information content (AvgIpc) is 2.44. The van der Waals surface area contributed by atoms with Crippen molar-refractivity contribution >= 4 is 5.97 Å². The molecule has 21 heavy (non-hydrogen) atoms. The van der Waals surface area contributed by atoms with Crippen LogP contribution in [0.25, 0.3) is 0 Å². The highest BCUT2D eigenvalue weighted by Gasteiger charge is 2.23. The summed E-state index contributed by atoms with van der Waals surface area (Å²) in [6, 6.07) is 0. The van der Waals surface area contributed by atoms with E-state index in [1.165, 1.54) is 0 Å². The van der Waals surface area contributed by atoms with E-state index in [4.69, 9.17) is 9.84 Å². The van der Waals surface area contributed by atoms with E-state index in [1.54, 1.807) is 0 Å². The Bertz CT molecular complexity index is 461. The lowest BCUT2D eigenvalue weighted by Gasteiger charge is -2.22. The van der Waals surface area contributed by atoms with E-state index in [1.807, 2.05) is 20.8 Å². The summed E-state index contributed by atoms with van der Waals surface area (Å²) in [5, 5.41) is 9.08. The van der Waals surface area contributed by atoms with Crippen LogP contribution in [-0.4, -0.2) is 27.7 Å². The monoisotopic (exact) mass is 294 g/mol. The van der Waals surface area contributed by atoms with Crippen LogP contribution in [0.15, 0.2) is 0 Å². The van der Waals surface area contributed by atoms with Crippen LogP contribution in [0, 0.1) is 5.92 Å². The summed E-state index contributed by atoms with van der Waals surface area (Å²) >= 11 is 0. The van der Waals surface area contributed by atoms with Crippen LogP contribution < -0.4 is 0 Å². The van der Waals surface area contributed by atoms with E-state index in [2.05, 4.69) is 23.8 Å². The van der Waals surface area contributed by atoms with Gasteiger partial charge in [-0.05, 0) is 25.7 Å². The SMILES string of the molecule is CCOC(c1nc(CC)c(CC(=O)O)c(CC)n1)C(C)C. The second-order valence-corrected chi connectivity index (χ2v) is 5.35. The van der Waals surface area contributed by atoms with Gasteiger partial charge in [0.15, 0.2) is 5.82 Å². The van der Waals surface area contributed by atoms with Crippen LogP contribution in [-0.2, 0) is 28.8 Å². The molecular weight excluding hydrogens is 268 g/mol. The number of hydrogen-bond acceptors (Lipinski definition) is 4. The molecule has 0 spiro atoms. The van der Waals surface area contributed by atoms with Gasteiger partial charge in [0, 0.05) is 23.6 Å². The zero-order valence-corrected chi connectivity index (χ0v) is 13.6. The smallest absolute Gasteiger partial charge is 0.307 e. The topological polar surface area (TPSA) is 72.3 Å². The molecule has 1 aromatic rings. The lowest BCUT2D eigenvalue weighted by Crippen LogP contribution is -2.19. The van der Waals surface area contributed by atoms with Crippen molar-refractivity contribution in [1.29, 1.82) is 0 Å². The molecule has 1 unspecified atom stereocenters. The Balaban J connectivity index is 3.33. The van der Waals surface area contributed by atoms with Gasteiger partial charge in [-0.3, -0.25) is 4.79 Å². The van der Waals surface area contributed by atoms with Gasteiger partial charge in [-0.15, -0.1) is 0 Å². The van der Waals surface area contributed by atoms with E-state index in [9.17, 15) is 4.79 Å². The fraction of sp³-hybridized carbons (Fsp3) is 0.688. The summed E-state index contributed by atoms with van der Waals surface area (Å²) in [4.78, 5) is 20.2. The molecule has 1 heterocycles. The van der Waals surface area contributed by atoms with Crippen LogP contribution in [0.5, 0.6) is 0 Å². The second-order valence-electron chi connectivity index (χ2n) is 5.35. The van der Waals surface area contributed by atoms with Gasteiger partial charge in [-0.1, -0.05) is 27.7 Å². The fourth-order valence-corrected chi connectivity index (χ4v) is 2.42. The van der Waals surface area contributed by atoms with E-state index in [0.717, 1.165) is 17.0 Å². The van der Waals surface area contributed by atoms with Crippen molar-refractivity contribution in [2.75, 3.05) is 6.61 Å². The third-order valence-electron chi connectivity index (χ3n) is 3.40. The molecule has 0 saturated carbocycles. The van der Waals surface area contributed by atoms with E-state index >= 15 is 0 Å². The van der Waals surface area contributed by atoms with Gasteiger partial charge in [0.2, 0.25) is 0 Å². The molecule has 0 fully saturated rings. The molecule has 0 aromatic carbocycles. The maximum absolute atomic E-state index is 11.1. The first-order valence-electron chi connectivity index (χ1n) is 7.66. The second kappa shape index (κ2) is 8.08. The Kier molecular flexibility index (Phi) is 6.75. The number of aryl methyl sites for hydroxylation is 2. The third-order valence-corrected chi connectivity index (χ3v) is 3.40. The highest BCUT2D eigenvalue weighted by atomic mass is 16.5. The van der Waals surface area contributed by atoms with Crippen molar-refractivity contribution in [1.82, 2.24) is 9.97 Å². The summed E-state index contributed by atoms with van der Waals surface area (Å²) < 4.78 is 5.77. The minimum Gasteiger partial charge on any atom is -0.481 e. The maximum Gasteiger partial charge on any atom is 0.307 e. The molecule has 0 aliphatic heterocycles. The molecule has 0 aliphatic rings. The number of aromatic nitrogens is 2. The van der Waals surface area contributed by atoms with Crippen molar-refractivity contribution in [2.24, 2.45) is 5.92 Å². The lowest BCUT2D eigenvalue weighted by atomic mass is 10.0. The molecule has 118 valence electrons. The standard InChI is InChI=1S/C16H26N2O3/c1-6-12-11(9-14(19)20)13(7-2)18-16(17-12)15(10(4)5)21-8-3/h10,15H,6-9H2,1-5H3,(H,19,20). The highest BCUT2D eigenvalue weighted by Crippen LogP contribution is 2.25. The van der Waals surface area contributed by atoms with Crippen molar-refractivity contribution in [3.8, 4) is 0 Å². The molecule has 1 N–H and O–H groups in total. The van der Waals surface area contributed by atoms with Crippen molar-refractivity contribution in [3.63, 3.8) is 0 Å². The molecule has 5 nitrogen and oxygen atoms in total. The Morgan fingerprint density at radius 1 is 1.14 bits per heavy atom. The number of nitrogens with zero attached hydrogens (tertiary/aromatic N) is 2. The zero-order chi connectivity index (χ0) is 16.0. The summed E-state index contributed by atoms with van der Waals surface area (Å²) in [5.41, 5.74) is 2.41. The minimum atomic E-state index is -0.846. The van der Waals surface area contributed by atoms with Crippen LogP contribution in [0.1, 0.15) is 63.5 Å². The van der Waals surface area contributed by atoms with Crippen LogP contribution >= 0.6 is 0 Å². The highest BCUT2D eigenvalue weighted by molar-refractivity contribution is 5.71. The van der Waals surface area contributed by atoms with Crippen LogP contribution in [0.2, 0.25) is 0 Å². The molecule has 1 aromatic heterocycles. The third kappa shape index (κ3) is 4.49. The minimum absolute atomic E-state index is 0.0202. The number of ether oxygens (including phenoxy) is 1. The molecule has 0 bridgehead atoms. The first-order chi connectivity index (χ1) is 9.94. The molecule has 0 aliphatic carbocycles. The van der Waals surface area contributed by atoms with E-state index < -0.39 is 5.97 Å². The molecule has 0 amide bonds. The molecule has 1 atom stereocenters. The van der Waals surface area contributed by atoms with Crippen LogP contribution in [0.3, 0.4) is 0 Å². The van der Waals surface area contributed by atoms with E-state index in [-0.39, 0.29) is 18.4 Å². The summed E-state index contributed by atoms with van der Waals surface area (Å²) in [7, 11) is 0. The summed E-state index contributed by atoms with van der Waals surface area (Å²) in [5.74, 6) is 0.0975. The number of carboxylic acids is 1. The maximum atomic E-state index is 11.1. The van der Waals surface area contributed by atoms with Gasteiger partial charge in [0.05, 0.1) is 6.42 Å². The number of rotatable bonds is 8. The zero-order valence-electron chi connectivity index (χ0n) is 13.6. The van der Waals surface area contributed by atoms with Gasteiger partial charge in [-0.2, -0.15) is 0 Å². The number of aliphatic carboxylic acids is 1. The first kappa shape index (κ1) is 17.6. The fourth-order valence-electron chi connectivity index (χ4n) is 2.42. The molecule has 1 rings (SSSR count). The van der Waals surface area contributed by atoms with Gasteiger partial charge in [0.25, 0.3) is 0 Å². The first-order valence-corrected chi connectivity index (χ1v) is 7.66. The summed E-state index contributed by atoms with van der Waals surface area (Å²) in [6.07, 6.45) is 1.22. The summed E-state index contributed by atoms with van der Waals surface area (Å²) in [6.45, 7) is 10.7. The van der Waals surface area contributed by atoms with Crippen molar-refractivity contribution in [3.05, 3.63) is 22.8 Å². The Hall–Kier alpha value is -1.49. The number of carbonyl (C=O) groups is 1. The van der Waals surface area contributed by atoms with Gasteiger partial charge in [-0.25, -0.2) is 9.97 Å². The molecular formula is C16H26N2O3. The van der Waals surface area contributed by atoms with Gasteiger partial charge in [0.1, 0.15) is 6.10 Å². The average molecular weight is 294 g/mol. The Morgan fingerprint density at radius 2 is 1.67 bits per heavy atom. The molecule has 0 saturated heterocycles. The molecule has 0 radical (unpaired) electrons. The predicted octanol–water partition coefficient (Wildman–Crippen LogP) is 2.96. The Labute approximate surface area is 126 Å². The van der Waals surface area contributed by atoms with Gasteiger partial charge >= 0.3 is 5.97 Å². The Morgan fingerprint density at radius 3 is 2.00 bits per heavy atom.